The number of hydrogen-bond acceptors (Lipinski definition) is 4. The SMILES string of the molecule is Cc1ccc(S(=O)(=O)/N=C2/CC(c3ccc(C(N)=O)cc3)N(c3ccc(F)cc3)N2)cc1. The average molecular weight is 453 g/mol. The smallest absolute Gasteiger partial charge is 0.283 e. The Kier molecular flexibility index (Phi) is 5.67. The van der Waals surface area contributed by atoms with E-state index in [1.807, 2.05) is 6.92 Å². The van der Waals surface area contributed by atoms with E-state index in [1.54, 1.807) is 53.5 Å². The minimum absolute atomic E-state index is 0.0972. The van der Waals surface area contributed by atoms with E-state index in [9.17, 15) is 17.6 Å². The van der Waals surface area contributed by atoms with Crippen molar-refractivity contribution in [3.05, 3.63) is 95.3 Å². The maximum Gasteiger partial charge on any atom is 0.283 e. The van der Waals surface area contributed by atoms with Crippen molar-refractivity contribution in [2.24, 2.45) is 10.1 Å². The van der Waals surface area contributed by atoms with Gasteiger partial charge in [-0.05, 0) is 61.0 Å². The lowest BCUT2D eigenvalue weighted by Gasteiger charge is -2.26. The van der Waals surface area contributed by atoms with Gasteiger partial charge < -0.3 is 5.73 Å². The number of halogens is 1. The molecule has 4 rings (SSSR count). The molecule has 1 saturated heterocycles. The maximum atomic E-state index is 13.4. The van der Waals surface area contributed by atoms with Gasteiger partial charge in [-0.15, -0.1) is 4.40 Å². The van der Waals surface area contributed by atoms with Crippen LogP contribution < -0.4 is 16.2 Å². The van der Waals surface area contributed by atoms with Gasteiger partial charge in [0.15, 0.2) is 0 Å². The number of hydrazine groups is 1. The second kappa shape index (κ2) is 8.43. The summed E-state index contributed by atoms with van der Waals surface area (Å²) in [6.45, 7) is 1.87. The van der Waals surface area contributed by atoms with Crippen LogP contribution in [-0.2, 0) is 10.0 Å². The number of aryl methyl sites for hydroxylation is 1. The first-order valence-corrected chi connectivity index (χ1v) is 11.3. The van der Waals surface area contributed by atoms with Crippen LogP contribution in [0.5, 0.6) is 0 Å². The van der Waals surface area contributed by atoms with Crippen LogP contribution in [0.2, 0.25) is 0 Å². The van der Waals surface area contributed by atoms with E-state index in [0.29, 0.717) is 11.3 Å². The summed E-state index contributed by atoms with van der Waals surface area (Å²) in [7, 11) is -3.92. The lowest BCUT2D eigenvalue weighted by molar-refractivity contribution is 0.1000. The third kappa shape index (κ3) is 4.47. The summed E-state index contributed by atoms with van der Waals surface area (Å²) in [6.07, 6.45) is 0.262. The van der Waals surface area contributed by atoms with Crippen molar-refractivity contribution in [3.63, 3.8) is 0 Å². The molecule has 3 aromatic rings. The van der Waals surface area contributed by atoms with Crippen LogP contribution in [0.4, 0.5) is 10.1 Å². The monoisotopic (exact) mass is 452 g/mol. The molecule has 3 N–H and O–H groups in total. The number of sulfonamides is 1. The van der Waals surface area contributed by atoms with Crippen molar-refractivity contribution < 1.29 is 17.6 Å². The van der Waals surface area contributed by atoms with Crippen LogP contribution in [0.15, 0.2) is 82.1 Å². The fourth-order valence-electron chi connectivity index (χ4n) is 3.49. The quantitative estimate of drug-likeness (QED) is 0.617. The van der Waals surface area contributed by atoms with Crippen molar-refractivity contribution >= 4 is 27.5 Å². The molecule has 1 fully saturated rings. The van der Waals surface area contributed by atoms with Gasteiger partial charge in [-0.2, -0.15) is 8.42 Å². The number of benzene rings is 3. The molecular formula is C23H21FN4O3S. The maximum absolute atomic E-state index is 13.4. The van der Waals surface area contributed by atoms with Crippen LogP contribution in [0.3, 0.4) is 0 Å². The first kappa shape index (κ1) is 21.5. The van der Waals surface area contributed by atoms with Crippen LogP contribution in [0.1, 0.15) is 33.9 Å². The molecule has 0 spiro atoms. The molecule has 0 aliphatic carbocycles. The number of nitrogens with zero attached hydrogens (tertiary/aromatic N) is 2. The lowest BCUT2D eigenvalue weighted by atomic mass is 10.0. The first-order chi connectivity index (χ1) is 15.2. The van der Waals surface area contributed by atoms with Gasteiger partial charge >= 0.3 is 0 Å². The van der Waals surface area contributed by atoms with Crippen molar-refractivity contribution in [1.29, 1.82) is 0 Å². The first-order valence-electron chi connectivity index (χ1n) is 9.85. The number of hydrogen-bond donors (Lipinski definition) is 2. The van der Waals surface area contributed by atoms with Crippen LogP contribution in [-0.4, -0.2) is 20.2 Å². The highest BCUT2D eigenvalue weighted by Crippen LogP contribution is 2.33. The van der Waals surface area contributed by atoms with E-state index in [1.165, 1.54) is 24.3 Å². The predicted molar refractivity (Wildman–Crippen MR) is 120 cm³/mol. The number of rotatable bonds is 5. The fourth-order valence-corrected chi connectivity index (χ4v) is 4.48. The summed E-state index contributed by atoms with van der Waals surface area (Å²) in [5, 5.41) is 1.72. The minimum atomic E-state index is -3.92. The summed E-state index contributed by atoms with van der Waals surface area (Å²) in [5.74, 6) is -0.673. The third-order valence-electron chi connectivity index (χ3n) is 5.18. The van der Waals surface area contributed by atoms with Crippen molar-refractivity contribution in [3.8, 4) is 0 Å². The Morgan fingerprint density at radius 1 is 1.03 bits per heavy atom. The Hall–Kier alpha value is -3.72. The predicted octanol–water partition coefficient (Wildman–Crippen LogP) is 3.48. The zero-order valence-electron chi connectivity index (χ0n) is 17.2. The number of nitrogens with two attached hydrogens (primary N) is 1. The molecule has 1 amide bonds. The molecule has 3 aromatic carbocycles. The van der Waals surface area contributed by atoms with E-state index in [0.717, 1.165) is 11.1 Å². The Balaban J connectivity index is 1.70. The largest absolute Gasteiger partial charge is 0.366 e. The summed E-state index contributed by atoms with van der Waals surface area (Å²) < 4.78 is 43.1. The molecule has 0 saturated carbocycles. The molecule has 9 heteroatoms. The second-order valence-electron chi connectivity index (χ2n) is 7.49. The average Bonchev–Trinajstić information content (AvgIpc) is 3.17. The zero-order valence-corrected chi connectivity index (χ0v) is 18.0. The van der Waals surface area contributed by atoms with Gasteiger partial charge in [-0.25, -0.2) is 4.39 Å². The highest BCUT2D eigenvalue weighted by atomic mass is 32.2. The highest BCUT2D eigenvalue weighted by Gasteiger charge is 2.32. The zero-order chi connectivity index (χ0) is 22.9. The van der Waals surface area contributed by atoms with Gasteiger partial charge in [-0.1, -0.05) is 29.8 Å². The van der Waals surface area contributed by atoms with Gasteiger partial charge in [0.05, 0.1) is 16.6 Å². The summed E-state index contributed by atoms with van der Waals surface area (Å²) in [6, 6.07) is 18.7. The molecule has 7 nitrogen and oxygen atoms in total. The molecule has 1 aliphatic heterocycles. The number of primary amides is 1. The van der Waals surface area contributed by atoms with Gasteiger partial charge in [0.25, 0.3) is 10.0 Å². The number of nitrogens with one attached hydrogen (secondary N) is 1. The Morgan fingerprint density at radius 2 is 1.66 bits per heavy atom. The van der Waals surface area contributed by atoms with Crippen LogP contribution in [0.25, 0.3) is 0 Å². The van der Waals surface area contributed by atoms with Crippen LogP contribution in [0, 0.1) is 12.7 Å². The third-order valence-corrected chi connectivity index (χ3v) is 6.51. The molecule has 0 bridgehead atoms. The topological polar surface area (TPSA) is 105 Å². The molecule has 1 heterocycles. The number of carbonyl (C=O) groups is 1. The molecule has 164 valence electrons. The van der Waals surface area contributed by atoms with E-state index in [-0.39, 0.29) is 29.0 Å². The van der Waals surface area contributed by atoms with E-state index < -0.39 is 15.9 Å². The lowest BCUT2D eigenvalue weighted by Crippen LogP contribution is -2.35. The second-order valence-corrected chi connectivity index (χ2v) is 9.09. The van der Waals surface area contributed by atoms with Gasteiger partial charge in [0, 0.05) is 12.0 Å². The summed E-state index contributed by atoms with van der Waals surface area (Å²) in [4.78, 5) is 11.5. The Morgan fingerprint density at radius 3 is 2.25 bits per heavy atom. The molecular weight excluding hydrogens is 431 g/mol. The highest BCUT2D eigenvalue weighted by molar-refractivity contribution is 7.90. The fraction of sp³-hybridized carbons (Fsp3) is 0.130. The van der Waals surface area contributed by atoms with Gasteiger partial charge in [-0.3, -0.25) is 15.2 Å². The number of anilines is 1. The summed E-state index contributed by atoms with van der Waals surface area (Å²) in [5.41, 5.74) is 11.1. The van der Waals surface area contributed by atoms with E-state index in [4.69, 9.17) is 5.73 Å². The van der Waals surface area contributed by atoms with Crippen LogP contribution >= 0.6 is 0 Å². The number of amidine groups is 1. The van der Waals surface area contributed by atoms with Crippen molar-refractivity contribution in [1.82, 2.24) is 5.43 Å². The summed E-state index contributed by atoms with van der Waals surface area (Å²) >= 11 is 0. The van der Waals surface area contributed by atoms with Crippen molar-refractivity contribution in [2.75, 3.05) is 5.01 Å². The van der Waals surface area contributed by atoms with Gasteiger partial charge in [0.1, 0.15) is 11.7 Å². The molecule has 1 aliphatic rings. The Bertz CT molecular complexity index is 1270. The van der Waals surface area contributed by atoms with E-state index in [2.05, 4.69) is 9.82 Å². The van der Waals surface area contributed by atoms with Gasteiger partial charge in [0.2, 0.25) is 5.91 Å². The molecule has 1 atom stereocenters. The normalized spacial score (nSPS) is 17.4. The molecule has 1 unspecified atom stereocenters. The standard InChI is InChI=1S/C23H21FN4O3S/c1-15-2-12-20(13-3-15)32(30,31)27-22-14-21(16-4-6-17(7-5-16)23(25)29)28(26-22)19-10-8-18(24)9-11-19/h2-13,21H,14H2,1H3,(H2,25,29)(H,26,27). The van der Waals surface area contributed by atoms with E-state index >= 15 is 0 Å². The molecule has 0 radical (unpaired) electrons. The molecule has 0 aromatic heterocycles. The van der Waals surface area contributed by atoms with Crippen molar-refractivity contribution in [2.45, 2.75) is 24.3 Å². The molecule has 32 heavy (non-hydrogen) atoms. The Labute approximate surface area is 185 Å². The number of amides is 1. The minimum Gasteiger partial charge on any atom is -0.366 e. The number of carbonyl (C=O) groups excluding carboxylic acids is 1.